The Kier molecular flexibility index (Phi) is 11.3. The molecule has 16 heteroatoms. The van der Waals surface area contributed by atoms with Crippen LogP contribution in [0.2, 0.25) is 0 Å². The summed E-state index contributed by atoms with van der Waals surface area (Å²) in [5.41, 5.74) is 9.63. The van der Waals surface area contributed by atoms with Crippen molar-refractivity contribution >= 4 is 34.4 Å². The van der Waals surface area contributed by atoms with Gasteiger partial charge in [0.25, 0.3) is 11.7 Å². The van der Waals surface area contributed by atoms with Crippen LogP contribution in [0.4, 0.5) is 5.69 Å². The standard InChI is InChI=1S/C33H41N7O9/c1-19(41)37-28-26(42)14-33(32(46)47,49-30(28)29(44)27(43)16-36-31(45)20-7-3-2-4-8-20)48-12-6-5-9-23-18-40(39-38-23)17-21-15-35-25-11-10-22(34)13-24(21)25/h2-4,7-8,10-11,13,15,18,26-30,35,42-44H,5-6,9,12,14,16-17,34H2,1H3,(H,36,45)(H,37,41)(H,46,47)/t26-,27+,28+,29+,30?,33+/m0/s1. The number of carboxylic acid groups (broad SMARTS) is 1. The summed E-state index contributed by atoms with van der Waals surface area (Å²) in [6.07, 6.45) is -2.00. The van der Waals surface area contributed by atoms with E-state index in [-0.39, 0.29) is 6.61 Å². The lowest BCUT2D eigenvalue weighted by Gasteiger charge is -2.46. The number of hydrogen-bond acceptors (Lipinski definition) is 11. The molecule has 0 aliphatic carbocycles. The molecule has 0 spiro atoms. The second-order valence-electron chi connectivity index (χ2n) is 12.1. The van der Waals surface area contributed by atoms with E-state index >= 15 is 0 Å². The average molecular weight is 680 g/mol. The number of aliphatic carboxylic acids is 1. The van der Waals surface area contributed by atoms with Crippen LogP contribution in [0.15, 0.2) is 60.9 Å². The third kappa shape index (κ3) is 8.60. The Bertz CT molecular complexity index is 1750. The number of carboxylic acids is 1. The van der Waals surface area contributed by atoms with Crippen LogP contribution in [0.3, 0.4) is 0 Å². The first-order valence-corrected chi connectivity index (χ1v) is 15.9. The highest BCUT2D eigenvalue weighted by molar-refractivity contribution is 5.94. The maximum Gasteiger partial charge on any atom is 0.364 e. The molecule has 3 heterocycles. The van der Waals surface area contributed by atoms with Crippen LogP contribution < -0.4 is 16.4 Å². The highest BCUT2D eigenvalue weighted by Crippen LogP contribution is 2.34. The number of rotatable bonds is 15. The first-order chi connectivity index (χ1) is 23.5. The van der Waals surface area contributed by atoms with Crippen LogP contribution >= 0.6 is 0 Å². The number of H-pyrrole nitrogens is 1. The number of ether oxygens (including phenoxy) is 2. The number of fused-ring (bicyclic) bond motifs is 1. The fourth-order valence-electron chi connectivity index (χ4n) is 5.86. The molecule has 2 amide bonds. The van der Waals surface area contributed by atoms with Crippen molar-refractivity contribution < 1.29 is 44.3 Å². The summed E-state index contributed by atoms with van der Waals surface area (Å²) < 4.78 is 13.2. The lowest BCUT2D eigenvalue weighted by atomic mass is 9.88. The number of benzene rings is 2. The Labute approximate surface area is 281 Å². The van der Waals surface area contributed by atoms with Gasteiger partial charge in [0, 0.05) is 54.4 Å². The quantitative estimate of drug-likeness (QED) is 0.0625. The molecule has 0 bridgehead atoms. The number of aliphatic hydroxyl groups excluding tert-OH is 3. The van der Waals surface area contributed by atoms with E-state index in [1.54, 1.807) is 35.0 Å². The molecule has 49 heavy (non-hydrogen) atoms. The molecule has 1 aliphatic heterocycles. The van der Waals surface area contributed by atoms with Gasteiger partial charge >= 0.3 is 5.97 Å². The van der Waals surface area contributed by atoms with Crippen LogP contribution in [0.1, 0.15) is 47.8 Å². The van der Waals surface area contributed by atoms with Crippen molar-refractivity contribution in [3.63, 3.8) is 0 Å². The summed E-state index contributed by atoms with van der Waals surface area (Å²) in [6.45, 7) is 1.15. The van der Waals surface area contributed by atoms with Crippen LogP contribution in [-0.4, -0.2) is 108 Å². The molecule has 2 aromatic heterocycles. The molecule has 4 aromatic rings. The van der Waals surface area contributed by atoms with Crippen molar-refractivity contribution in [3.05, 3.63) is 77.7 Å². The predicted octanol–water partition coefficient (Wildman–Crippen LogP) is 0.316. The topological polar surface area (TPSA) is 247 Å². The van der Waals surface area contributed by atoms with E-state index < -0.39 is 67.0 Å². The number of nitrogens with one attached hydrogen (secondary N) is 3. The Hall–Kier alpha value is -4.87. The number of amides is 2. The highest BCUT2D eigenvalue weighted by atomic mass is 16.7. The Morgan fingerprint density at radius 1 is 1.18 bits per heavy atom. The summed E-state index contributed by atoms with van der Waals surface area (Å²) in [7, 11) is 0. The number of nitrogens with two attached hydrogens (primary N) is 1. The van der Waals surface area contributed by atoms with Crippen LogP contribution in [0, 0.1) is 0 Å². The second kappa shape index (κ2) is 15.6. The molecule has 1 aliphatic rings. The summed E-state index contributed by atoms with van der Waals surface area (Å²) in [5.74, 6) is -5.04. The molecule has 1 fully saturated rings. The molecular weight excluding hydrogens is 638 g/mol. The van der Waals surface area contributed by atoms with Gasteiger partial charge in [-0.3, -0.25) is 9.59 Å². The number of unbranched alkanes of at least 4 members (excludes halogenated alkanes) is 1. The van der Waals surface area contributed by atoms with E-state index in [0.717, 1.165) is 22.2 Å². The summed E-state index contributed by atoms with van der Waals surface area (Å²) in [5, 5.41) is 57.3. The van der Waals surface area contributed by atoms with Gasteiger partial charge < -0.3 is 51.3 Å². The molecular formula is C33H41N7O9. The monoisotopic (exact) mass is 679 g/mol. The van der Waals surface area contributed by atoms with E-state index in [1.807, 2.05) is 30.6 Å². The normalized spacial score (nSPS) is 22.0. The van der Waals surface area contributed by atoms with Crippen molar-refractivity contribution in [1.29, 1.82) is 0 Å². The fourth-order valence-corrected chi connectivity index (χ4v) is 5.86. The molecule has 1 unspecified atom stereocenters. The van der Waals surface area contributed by atoms with Crippen molar-refractivity contribution in [2.45, 2.75) is 75.4 Å². The van der Waals surface area contributed by atoms with Crippen molar-refractivity contribution in [2.24, 2.45) is 0 Å². The molecule has 16 nitrogen and oxygen atoms in total. The predicted molar refractivity (Wildman–Crippen MR) is 175 cm³/mol. The zero-order valence-corrected chi connectivity index (χ0v) is 26.9. The number of nitrogen functional groups attached to an aromatic ring is 1. The van der Waals surface area contributed by atoms with E-state index in [2.05, 4.69) is 25.9 Å². The first kappa shape index (κ1) is 35.4. The molecule has 0 saturated carbocycles. The number of carbonyl (C=O) groups is 3. The minimum absolute atomic E-state index is 0.0901. The third-order valence-electron chi connectivity index (χ3n) is 8.38. The number of aromatic nitrogens is 4. The molecule has 1 saturated heterocycles. The average Bonchev–Trinajstić information content (AvgIpc) is 3.70. The minimum Gasteiger partial charge on any atom is -0.477 e. The number of aromatic amines is 1. The number of anilines is 1. The van der Waals surface area contributed by atoms with Gasteiger partial charge in [-0.1, -0.05) is 23.4 Å². The number of nitrogens with zero attached hydrogens (tertiary/aromatic N) is 3. The van der Waals surface area contributed by atoms with Gasteiger partial charge in [-0.25, -0.2) is 9.48 Å². The molecule has 5 rings (SSSR count). The van der Waals surface area contributed by atoms with E-state index in [1.165, 1.54) is 6.92 Å². The largest absolute Gasteiger partial charge is 0.477 e. The summed E-state index contributed by atoms with van der Waals surface area (Å²) in [4.78, 5) is 40.1. The molecule has 2 aromatic carbocycles. The van der Waals surface area contributed by atoms with Crippen molar-refractivity contribution in [1.82, 2.24) is 30.6 Å². The van der Waals surface area contributed by atoms with Gasteiger partial charge in [-0.15, -0.1) is 5.10 Å². The summed E-state index contributed by atoms with van der Waals surface area (Å²) >= 11 is 0. The zero-order valence-electron chi connectivity index (χ0n) is 26.9. The van der Waals surface area contributed by atoms with Crippen LogP contribution in [-0.2, 0) is 32.0 Å². The lowest BCUT2D eigenvalue weighted by molar-refractivity contribution is -0.310. The summed E-state index contributed by atoms with van der Waals surface area (Å²) in [6, 6.07) is 12.5. The molecule has 9 N–H and O–H groups in total. The van der Waals surface area contributed by atoms with E-state index in [9.17, 15) is 34.8 Å². The van der Waals surface area contributed by atoms with Crippen molar-refractivity contribution in [3.8, 4) is 0 Å². The number of aliphatic hydroxyl groups is 3. The number of aryl methyl sites for hydroxylation is 1. The Balaban J connectivity index is 1.17. The van der Waals surface area contributed by atoms with Gasteiger partial charge in [0.05, 0.1) is 37.1 Å². The molecule has 6 atom stereocenters. The van der Waals surface area contributed by atoms with Crippen LogP contribution in [0.5, 0.6) is 0 Å². The SMILES string of the molecule is CC(=O)N[C@H]1C([C@H](O)[C@H](O)CNC(=O)c2ccccc2)O[C@@](OCCCCc2cn(Cc3c[nH]c4ccc(N)cc34)nn2)(C(=O)O)C[C@@H]1O. The van der Waals surface area contributed by atoms with E-state index in [4.69, 9.17) is 15.2 Å². The fraction of sp³-hybridized carbons (Fsp3) is 0.424. The lowest BCUT2D eigenvalue weighted by Crippen LogP contribution is -2.68. The van der Waals surface area contributed by atoms with E-state index in [0.29, 0.717) is 37.1 Å². The zero-order chi connectivity index (χ0) is 35.1. The smallest absolute Gasteiger partial charge is 0.364 e. The highest BCUT2D eigenvalue weighted by Gasteiger charge is 2.55. The van der Waals surface area contributed by atoms with Crippen LogP contribution in [0.25, 0.3) is 10.9 Å². The minimum atomic E-state index is -2.39. The van der Waals surface area contributed by atoms with Gasteiger partial charge in [0.15, 0.2) is 0 Å². The first-order valence-electron chi connectivity index (χ1n) is 15.9. The Morgan fingerprint density at radius 3 is 2.69 bits per heavy atom. The van der Waals surface area contributed by atoms with Gasteiger partial charge in [-0.2, -0.15) is 0 Å². The second-order valence-corrected chi connectivity index (χ2v) is 12.1. The van der Waals surface area contributed by atoms with Gasteiger partial charge in [0.2, 0.25) is 5.91 Å². The number of carbonyl (C=O) groups excluding carboxylic acids is 2. The maximum absolute atomic E-state index is 12.5. The third-order valence-corrected chi connectivity index (χ3v) is 8.38. The Morgan fingerprint density at radius 2 is 1.96 bits per heavy atom. The van der Waals surface area contributed by atoms with Crippen molar-refractivity contribution in [2.75, 3.05) is 18.9 Å². The van der Waals surface area contributed by atoms with Gasteiger partial charge in [-0.05, 0) is 55.2 Å². The van der Waals surface area contributed by atoms with Gasteiger partial charge in [0.1, 0.15) is 12.2 Å². The number of hydrogen-bond donors (Lipinski definition) is 8. The molecule has 262 valence electrons. The molecule has 0 radical (unpaired) electrons. The maximum atomic E-state index is 12.5.